The summed E-state index contributed by atoms with van der Waals surface area (Å²) in [6.07, 6.45) is 0. The summed E-state index contributed by atoms with van der Waals surface area (Å²) >= 11 is 0. The number of nitrogen functional groups attached to an aromatic ring is 1. The van der Waals surface area contributed by atoms with Gasteiger partial charge in [0.15, 0.2) is 11.6 Å². The first-order chi connectivity index (χ1) is 7.13. The van der Waals surface area contributed by atoms with Gasteiger partial charge in [-0.3, -0.25) is 0 Å². The van der Waals surface area contributed by atoms with Gasteiger partial charge < -0.3 is 10.3 Å². The highest BCUT2D eigenvalue weighted by Crippen LogP contribution is 2.17. The van der Waals surface area contributed by atoms with Crippen molar-refractivity contribution in [3.8, 4) is 0 Å². The van der Waals surface area contributed by atoms with Crippen molar-refractivity contribution in [2.24, 2.45) is 5.84 Å². The molecule has 0 spiro atoms. The van der Waals surface area contributed by atoms with Crippen molar-refractivity contribution in [2.75, 3.05) is 23.4 Å². The molecule has 1 aromatic rings. The SMILES string of the molecule is CCN(CC)c1nc(C)c(F)c(NN)n1. The molecule has 0 amide bonds. The van der Waals surface area contributed by atoms with E-state index in [0.29, 0.717) is 11.6 Å². The number of hydrogen-bond acceptors (Lipinski definition) is 5. The van der Waals surface area contributed by atoms with Crippen molar-refractivity contribution >= 4 is 11.8 Å². The second-order valence-corrected chi connectivity index (χ2v) is 3.09. The fraction of sp³-hybridized carbons (Fsp3) is 0.556. The Morgan fingerprint density at radius 3 is 2.40 bits per heavy atom. The Morgan fingerprint density at radius 2 is 1.93 bits per heavy atom. The lowest BCUT2D eigenvalue weighted by atomic mass is 10.4. The zero-order valence-electron chi connectivity index (χ0n) is 9.21. The highest BCUT2D eigenvalue weighted by Gasteiger charge is 2.13. The molecule has 0 bridgehead atoms. The van der Waals surface area contributed by atoms with Gasteiger partial charge in [0.2, 0.25) is 5.95 Å². The summed E-state index contributed by atoms with van der Waals surface area (Å²) in [7, 11) is 0. The smallest absolute Gasteiger partial charge is 0.227 e. The molecule has 84 valence electrons. The largest absolute Gasteiger partial charge is 0.341 e. The van der Waals surface area contributed by atoms with E-state index in [1.807, 2.05) is 18.7 Å². The zero-order chi connectivity index (χ0) is 11.4. The highest BCUT2D eigenvalue weighted by molar-refractivity contribution is 5.44. The molecule has 0 saturated heterocycles. The van der Waals surface area contributed by atoms with Crippen LogP contribution >= 0.6 is 0 Å². The van der Waals surface area contributed by atoms with Gasteiger partial charge in [0, 0.05) is 13.1 Å². The predicted octanol–water partition coefficient (Wildman–Crippen LogP) is 1.06. The number of aromatic nitrogens is 2. The molecule has 3 N–H and O–H groups in total. The Kier molecular flexibility index (Phi) is 3.79. The Hall–Kier alpha value is -1.43. The van der Waals surface area contributed by atoms with E-state index in [9.17, 15) is 4.39 Å². The van der Waals surface area contributed by atoms with Crippen LogP contribution in [0.25, 0.3) is 0 Å². The molecular weight excluding hydrogens is 197 g/mol. The summed E-state index contributed by atoms with van der Waals surface area (Å²) in [5.74, 6) is 5.19. The lowest BCUT2D eigenvalue weighted by molar-refractivity contribution is 0.603. The van der Waals surface area contributed by atoms with Crippen LogP contribution in [-0.2, 0) is 0 Å². The molecule has 0 aliphatic rings. The fourth-order valence-corrected chi connectivity index (χ4v) is 1.29. The molecule has 0 saturated carbocycles. The van der Waals surface area contributed by atoms with Crippen molar-refractivity contribution in [3.63, 3.8) is 0 Å². The Bertz CT molecular complexity index is 338. The summed E-state index contributed by atoms with van der Waals surface area (Å²) in [6.45, 7) is 7.10. The summed E-state index contributed by atoms with van der Waals surface area (Å²) in [6, 6.07) is 0. The molecular formula is C9H16FN5. The Morgan fingerprint density at radius 1 is 1.33 bits per heavy atom. The molecule has 1 aromatic heterocycles. The van der Waals surface area contributed by atoms with Crippen LogP contribution < -0.4 is 16.2 Å². The summed E-state index contributed by atoms with van der Waals surface area (Å²) in [5.41, 5.74) is 2.52. The van der Waals surface area contributed by atoms with Crippen LogP contribution in [0.4, 0.5) is 16.2 Å². The molecule has 15 heavy (non-hydrogen) atoms. The van der Waals surface area contributed by atoms with E-state index in [1.54, 1.807) is 6.92 Å². The summed E-state index contributed by atoms with van der Waals surface area (Å²) < 4.78 is 13.4. The first-order valence-corrected chi connectivity index (χ1v) is 4.89. The molecule has 0 aliphatic heterocycles. The van der Waals surface area contributed by atoms with Gasteiger partial charge >= 0.3 is 0 Å². The quantitative estimate of drug-likeness (QED) is 0.578. The number of aryl methyl sites for hydroxylation is 1. The molecule has 0 fully saturated rings. The monoisotopic (exact) mass is 213 g/mol. The molecule has 6 heteroatoms. The van der Waals surface area contributed by atoms with Crippen LogP contribution in [0.1, 0.15) is 19.5 Å². The van der Waals surface area contributed by atoms with Gasteiger partial charge in [-0.15, -0.1) is 0 Å². The first-order valence-electron chi connectivity index (χ1n) is 4.89. The molecule has 0 aliphatic carbocycles. The second-order valence-electron chi connectivity index (χ2n) is 3.09. The van der Waals surface area contributed by atoms with Crippen LogP contribution in [0, 0.1) is 12.7 Å². The molecule has 0 unspecified atom stereocenters. The van der Waals surface area contributed by atoms with Crippen molar-refractivity contribution in [1.29, 1.82) is 0 Å². The summed E-state index contributed by atoms with van der Waals surface area (Å²) in [5, 5.41) is 0. The van der Waals surface area contributed by atoms with Gasteiger partial charge in [-0.1, -0.05) is 0 Å². The number of rotatable bonds is 4. The normalized spacial score (nSPS) is 10.2. The number of nitrogens with two attached hydrogens (primary N) is 1. The van der Waals surface area contributed by atoms with Crippen LogP contribution in [0.2, 0.25) is 0 Å². The zero-order valence-corrected chi connectivity index (χ0v) is 9.21. The number of anilines is 2. The van der Waals surface area contributed by atoms with E-state index < -0.39 is 5.82 Å². The molecule has 1 heterocycles. The molecule has 0 atom stereocenters. The third-order valence-electron chi connectivity index (χ3n) is 2.19. The van der Waals surface area contributed by atoms with Crippen LogP contribution in [-0.4, -0.2) is 23.1 Å². The minimum absolute atomic E-state index is 0.0319. The average Bonchev–Trinajstić information content (AvgIpc) is 2.24. The Balaban J connectivity index is 3.15. The van der Waals surface area contributed by atoms with Crippen LogP contribution in [0.5, 0.6) is 0 Å². The summed E-state index contributed by atoms with van der Waals surface area (Å²) in [4.78, 5) is 9.99. The van der Waals surface area contributed by atoms with Crippen molar-refractivity contribution < 1.29 is 4.39 Å². The van der Waals surface area contributed by atoms with E-state index in [2.05, 4.69) is 15.4 Å². The number of halogens is 1. The number of nitrogens with zero attached hydrogens (tertiary/aromatic N) is 3. The van der Waals surface area contributed by atoms with E-state index >= 15 is 0 Å². The fourth-order valence-electron chi connectivity index (χ4n) is 1.29. The maximum atomic E-state index is 13.4. The topological polar surface area (TPSA) is 67.1 Å². The standard InChI is InChI=1S/C9H16FN5/c1-4-15(5-2)9-12-6(3)7(10)8(13-9)14-11/h4-5,11H2,1-3H3,(H,12,13,14). The van der Waals surface area contributed by atoms with Crippen molar-refractivity contribution in [1.82, 2.24) is 9.97 Å². The van der Waals surface area contributed by atoms with Gasteiger partial charge in [-0.05, 0) is 20.8 Å². The molecule has 0 aromatic carbocycles. The van der Waals surface area contributed by atoms with Gasteiger partial charge in [0.1, 0.15) is 0 Å². The number of hydrogen-bond donors (Lipinski definition) is 2. The molecule has 5 nitrogen and oxygen atoms in total. The van der Waals surface area contributed by atoms with Crippen molar-refractivity contribution in [3.05, 3.63) is 11.5 Å². The van der Waals surface area contributed by atoms with Gasteiger partial charge in [-0.2, -0.15) is 4.98 Å². The van der Waals surface area contributed by atoms with Gasteiger partial charge in [0.05, 0.1) is 5.69 Å². The van der Waals surface area contributed by atoms with Crippen LogP contribution in [0.15, 0.2) is 0 Å². The molecule has 1 rings (SSSR count). The van der Waals surface area contributed by atoms with E-state index in [-0.39, 0.29) is 5.82 Å². The molecule has 0 radical (unpaired) electrons. The van der Waals surface area contributed by atoms with E-state index in [0.717, 1.165) is 13.1 Å². The van der Waals surface area contributed by atoms with Gasteiger partial charge in [-0.25, -0.2) is 15.2 Å². The lowest BCUT2D eigenvalue weighted by Crippen LogP contribution is -2.25. The minimum atomic E-state index is -0.506. The van der Waals surface area contributed by atoms with E-state index in [1.165, 1.54) is 0 Å². The minimum Gasteiger partial charge on any atom is -0.341 e. The third-order valence-corrected chi connectivity index (χ3v) is 2.19. The lowest BCUT2D eigenvalue weighted by Gasteiger charge is -2.19. The maximum absolute atomic E-state index is 13.4. The number of hydrazine groups is 1. The van der Waals surface area contributed by atoms with Gasteiger partial charge in [0.25, 0.3) is 0 Å². The highest BCUT2D eigenvalue weighted by atomic mass is 19.1. The number of nitrogens with one attached hydrogen (secondary N) is 1. The van der Waals surface area contributed by atoms with Crippen molar-refractivity contribution in [2.45, 2.75) is 20.8 Å². The predicted molar refractivity (Wildman–Crippen MR) is 58.1 cm³/mol. The first kappa shape index (κ1) is 11.6. The van der Waals surface area contributed by atoms with Crippen LogP contribution in [0.3, 0.4) is 0 Å². The third kappa shape index (κ3) is 2.33. The van der Waals surface area contributed by atoms with E-state index in [4.69, 9.17) is 5.84 Å². The average molecular weight is 213 g/mol. The second kappa shape index (κ2) is 4.88. The Labute approximate surface area is 88.5 Å². The maximum Gasteiger partial charge on any atom is 0.227 e.